The predicted molar refractivity (Wildman–Crippen MR) is 89.9 cm³/mol. The zero-order chi connectivity index (χ0) is 15.8. The third-order valence-corrected chi connectivity index (χ3v) is 4.02. The summed E-state index contributed by atoms with van der Waals surface area (Å²) in [5.41, 5.74) is 0. The number of hydrogen-bond acceptors (Lipinski definition) is 3. The molecule has 2 atom stereocenters. The van der Waals surface area contributed by atoms with E-state index in [0.717, 1.165) is 26.1 Å². The van der Waals surface area contributed by atoms with E-state index < -0.39 is 0 Å². The van der Waals surface area contributed by atoms with Crippen LogP contribution in [0.15, 0.2) is 0 Å². The SMILES string of the molecule is CCCC(CCCCOCCCCC(CCC)OC)OC. The zero-order valence-corrected chi connectivity index (χ0v) is 14.9. The molecule has 3 nitrogen and oxygen atoms in total. The summed E-state index contributed by atoms with van der Waals surface area (Å²) in [7, 11) is 3.64. The molecule has 0 aromatic heterocycles. The lowest BCUT2D eigenvalue weighted by atomic mass is 10.1. The molecule has 0 N–H and O–H groups in total. The molecule has 128 valence electrons. The normalized spacial score (nSPS) is 14.3. The Hall–Kier alpha value is -0.120. The summed E-state index contributed by atoms with van der Waals surface area (Å²) < 4.78 is 16.6. The molecule has 0 saturated carbocycles. The van der Waals surface area contributed by atoms with E-state index in [0.29, 0.717) is 12.2 Å². The highest BCUT2D eigenvalue weighted by Gasteiger charge is 2.06. The van der Waals surface area contributed by atoms with Gasteiger partial charge in [0.2, 0.25) is 0 Å². The van der Waals surface area contributed by atoms with Gasteiger partial charge in [-0.15, -0.1) is 0 Å². The molecule has 3 heteroatoms. The predicted octanol–water partition coefficient (Wildman–Crippen LogP) is 4.97. The van der Waals surface area contributed by atoms with Crippen molar-refractivity contribution in [2.24, 2.45) is 0 Å². The highest BCUT2D eigenvalue weighted by Crippen LogP contribution is 2.11. The minimum Gasteiger partial charge on any atom is -0.381 e. The van der Waals surface area contributed by atoms with Crippen LogP contribution in [0.2, 0.25) is 0 Å². The summed E-state index contributed by atoms with van der Waals surface area (Å²) >= 11 is 0. The minimum atomic E-state index is 0.444. The molecule has 2 unspecified atom stereocenters. The van der Waals surface area contributed by atoms with E-state index in [4.69, 9.17) is 14.2 Å². The summed E-state index contributed by atoms with van der Waals surface area (Å²) in [5.74, 6) is 0. The lowest BCUT2D eigenvalue weighted by molar-refractivity contribution is 0.0739. The average Bonchev–Trinajstić information content (AvgIpc) is 2.50. The summed E-state index contributed by atoms with van der Waals surface area (Å²) in [5, 5.41) is 0. The molecule has 0 aliphatic heterocycles. The first-order valence-corrected chi connectivity index (χ1v) is 8.91. The van der Waals surface area contributed by atoms with Crippen molar-refractivity contribution in [3.63, 3.8) is 0 Å². The lowest BCUT2D eigenvalue weighted by Gasteiger charge is -2.14. The van der Waals surface area contributed by atoms with Gasteiger partial charge in [-0.1, -0.05) is 26.7 Å². The Bertz CT molecular complexity index is 177. The van der Waals surface area contributed by atoms with Crippen LogP contribution in [0.4, 0.5) is 0 Å². The number of methoxy groups -OCH3 is 2. The topological polar surface area (TPSA) is 27.7 Å². The van der Waals surface area contributed by atoms with Gasteiger partial charge < -0.3 is 14.2 Å². The molecule has 0 rings (SSSR count). The molecule has 0 radical (unpaired) electrons. The molecule has 0 fully saturated rings. The summed E-state index contributed by atoms with van der Waals surface area (Å²) in [6.07, 6.45) is 12.7. The van der Waals surface area contributed by atoms with E-state index in [2.05, 4.69) is 13.8 Å². The van der Waals surface area contributed by atoms with Crippen molar-refractivity contribution >= 4 is 0 Å². The van der Waals surface area contributed by atoms with Crippen molar-refractivity contribution in [3.8, 4) is 0 Å². The molecular formula is C18H38O3. The van der Waals surface area contributed by atoms with Gasteiger partial charge in [0.05, 0.1) is 12.2 Å². The Morgan fingerprint density at radius 1 is 0.619 bits per heavy atom. The van der Waals surface area contributed by atoms with Crippen molar-refractivity contribution in [1.29, 1.82) is 0 Å². The molecule has 0 amide bonds. The van der Waals surface area contributed by atoms with Gasteiger partial charge in [-0.2, -0.15) is 0 Å². The minimum absolute atomic E-state index is 0.444. The van der Waals surface area contributed by atoms with Crippen LogP contribution in [-0.4, -0.2) is 39.6 Å². The Labute approximate surface area is 132 Å². The molecule has 0 aromatic rings. The lowest BCUT2D eigenvalue weighted by Crippen LogP contribution is -2.11. The van der Waals surface area contributed by atoms with E-state index in [9.17, 15) is 0 Å². The van der Waals surface area contributed by atoms with E-state index in [1.54, 1.807) is 0 Å². The van der Waals surface area contributed by atoms with Gasteiger partial charge in [-0.05, 0) is 51.4 Å². The Morgan fingerprint density at radius 2 is 1.05 bits per heavy atom. The van der Waals surface area contributed by atoms with Gasteiger partial charge in [-0.25, -0.2) is 0 Å². The Kier molecular flexibility index (Phi) is 16.2. The van der Waals surface area contributed by atoms with Crippen molar-refractivity contribution in [2.75, 3.05) is 27.4 Å². The largest absolute Gasteiger partial charge is 0.381 e. The molecule has 21 heavy (non-hydrogen) atoms. The van der Waals surface area contributed by atoms with Crippen LogP contribution in [0.3, 0.4) is 0 Å². The molecule has 0 spiro atoms. The fourth-order valence-corrected chi connectivity index (χ4v) is 2.66. The fraction of sp³-hybridized carbons (Fsp3) is 1.00. The van der Waals surface area contributed by atoms with Crippen molar-refractivity contribution < 1.29 is 14.2 Å². The molecule has 0 aliphatic carbocycles. The quantitative estimate of drug-likeness (QED) is 0.377. The molecule has 0 aromatic carbocycles. The van der Waals surface area contributed by atoms with Crippen molar-refractivity contribution in [1.82, 2.24) is 0 Å². The zero-order valence-electron chi connectivity index (χ0n) is 14.9. The van der Waals surface area contributed by atoms with Crippen LogP contribution in [0.1, 0.15) is 78.1 Å². The van der Waals surface area contributed by atoms with Gasteiger partial charge in [0.15, 0.2) is 0 Å². The molecular weight excluding hydrogens is 264 g/mol. The van der Waals surface area contributed by atoms with Crippen LogP contribution in [-0.2, 0) is 14.2 Å². The second-order valence-corrected chi connectivity index (χ2v) is 5.90. The van der Waals surface area contributed by atoms with Gasteiger partial charge >= 0.3 is 0 Å². The summed E-state index contributed by atoms with van der Waals surface area (Å²) in [6, 6.07) is 0. The molecule has 0 saturated heterocycles. The molecule has 0 heterocycles. The molecule has 0 bridgehead atoms. The highest BCUT2D eigenvalue weighted by atomic mass is 16.5. The molecule has 0 aliphatic rings. The van der Waals surface area contributed by atoms with Crippen LogP contribution in [0.25, 0.3) is 0 Å². The first-order chi connectivity index (χ1) is 10.3. The average molecular weight is 302 g/mol. The standard InChI is InChI=1S/C18H38O3/c1-5-11-17(19-3)13-7-9-15-21-16-10-8-14-18(20-4)12-6-2/h17-18H,5-16H2,1-4H3. The van der Waals surface area contributed by atoms with Gasteiger partial charge in [0.25, 0.3) is 0 Å². The maximum Gasteiger partial charge on any atom is 0.0571 e. The fourth-order valence-electron chi connectivity index (χ4n) is 2.66. The number of unbranched alkanes of at least 4 members (excludes halogenated alkanes) is 2. The van der Waals surface area contributed by atoms with Crippen molar-refractivity contribution in [2.45, 2.75) is 90.3 Å². The van der Waals surface area contributed by atoms with Gasteiger partial charge in [0.1, 0.15) is 0 Å². The number of ether oxygens (including phenoxy) is 3. The van der Waals surface area contributed by atoms with Gasteiger partial charge in [0, 0.05) is 27.4 Å². The number of rotatable bonds is 16. The van der Waals surface area contributed by atoms with Crippen molar-refractivity contribution in [3.05, 3.63) is 0 Å². The maximum atomic E-state index is 5.70. The first kappa shape index (κ1) is 20.9. The third kappa shape index (κ3) is 13.3. The second-order valence-electron chi connectivity index (χ2n) is 5.90. The number of hydrogen-bond donors (Lipinski definition) is 0. The van der Waals surface area contributed by atoms with Crippen LogP contribution in [0.5, 0.6) is 0 Å². The van der Waals surface area contributed by atoms with Crippen LogP contribution >= 0.6 is 0 Å². The van der Waals surface area contributed by atoms with Crippen LogP contribution in [0, 0.1) is 0 Å². The smallest absolute Gasteiger partial charge is 0.0571 e. The van der Waals surface area contributed by atoms with E-state index in [-0.39, 0.29) is 0 Å². The summed E-state index contributed by atoms with van der Waals surface area (Å²) in [6.45, 7) is 6.21. The Balaban J connectivity index is 3.28. The summed E-state index contributed by atoms with van der Waals surface area (Å²) in [4.78, 5) is 0. The third-order valence-electron chi connectivity index (χ3n) is 4.02. The Morgan fingerprint density at radius 3 is 1.38 bits per heavy atom. The van der Waals surface area contributed by atoms with Crippen LogP contribution < -0.4 is 0 Å². The monoisotopic (exact) mass is 302 g/mol. The maximum absolute atomic E-state index is 5.70. The van der Waals surface area contributed by atoms with E-state index in [1.807, 2.05) is 14.2 Å². The first-order valence-electron chi connectivity index (χ1n) is 8.91. The highest BCUT2D eigenvalue weighted by molar-refractivity contribution is 4.58. The van der Waals surface area contributed by atoms with E-state index in [1.165, 1.54) is 51.4 Å². The van der Waals surface area contributed by atoms with E-state index >= 15 is 0 Å². The second kappa shape index (κ2) is 16.3. The van der Waals surface area contributed by atoms with Gasteiger partial charge in [-0.3, -0.25) is 0 Å².